The molecule has 0 amide bonds. The van der Waals surface area contributed by atoms with E-state index in [9.17, 15) is 0 Å². The zero-order valence-corrected chi connectivity index (χ0v) is 5.49. The van der Waals surface area contributed by atoms with Crippen LogP contribution in [0.4, 0.5) is 5.69 Å². The molecule has 1 rings (SSSR count). The lowest BCUT2D eigenvalue weighted by molar-refractivity contribution is 1.03. The van der Waals surface area contributed by atoms with Gasteiger partial charge in [0.2, 0.25) is 0 Å². The quantitative estimate of drug-likeness (QED) is 0.572. The fourth-order valence-corrected chi connectivity index (χ4v) is 0.614. The van der Waals surface area contributed by atoms with Gasteiger partial charge in [0.25, 0.3) is 0 Å². The highest BCUT2D eigenvalue weighted by Crippen LogP contribution is 2.15. The minimum atomic E-state index is 0.713. The van der Waals surface area contributed by atoms with E-state index in [1.165, 1.54) is 0 Å². The Morgan fingerprint density at radius 3 is 2.60 bits per heavy atom. The van der Waals surface area contributed by atoms with E-state index >= 15 is 0 Å². The van der Waals surface area contributed by atoms with Crippen LogP contribution in [0.1, 0.15) is 5.56 Å². The van der Waals surface area contributed by atoms with Crippen molar-refractivity contribution in [1.82, 2.24) is 10.2 Å². The molecule has 0 atom stereocenters. The average Bonchev–Trinajstić information content (AvgIpc) is 2.04. The second kappa shape index (κ2) is 2.87. The maximum atomic E-state index is 3.72. The van der Waals surface area contributed by atoms with Crippen molar-refractivity contribution in [2.24, 2.45) is 4.99 Å². The number of aliphatic imine (C=N–C) groups is 1. The van der Waals surface area contributed by atoms with Gasteiger partial charge in [-0.25, -0.2) is 0 Å². The van der Waals surface area contributed by atoms with Crippen LogP contribution in [0.2, 0.25) is 0 Å². The smallest absolute Gasteiger partial charge is 0.0912 e. The molecule has 3 nitrogen and oxygen atoms in total. The van der Waals surface area contributed by atoms with Crippen molar-refractivity contribution in [2.45, 2.75) is 0 Å². The summed E-state index contributed by atoms with van der Waals surface area (Å²) in [7, 11) is 0. The van der Waals surface area contributed by atoms with Gasteiger partial charge >= 0.3 is 0 Å². The van der Waals surface area contributed by atoms with Gasteiger partial charge in [0.15, 0.2) is 0 Å². The molecule has 1 heterocycles. The SMILES string of the molecule is C=Cc1cnncc1N=C. The molecule has 0 aliphatic carbocycles. The molecule has 0 spiro atoms. The summed E-state index contributed by atoms with van der Waals surface area (Å²) >= 11 is 0. The van der Waals surface area contributed by atoms with E-state index in [-0.39, 0.29) is 0 Å². The number of aromatic nitrogens is 2. The largest absolute Gasteiger partial charge is 0.262 e. The van der Waals surface area contributed by atoms with Gasteiger partial charge in [-0.05, 0) is 6.72 Å². The van der Waals surface area contributed by atoms with Crippen LogP contribution < -0.4 is 0 Å². The highest BCUT2D eigenvalue weighted by atomic mass is 15.1. The van der Waals surface area contributed by atoms with Crippen molar-refractivity contribution >= 4 is 18.5 Å². The molecule has 3 heteroatoms. The maximum Gasteiger partial charge on any atom is 0.0912 e. The van der Waals surface area contributed by atoms with Crippen LogP contribution >= 0.6 is 0 Å². The summed E-state index contributed by atoms with van der Waals surface area (Å²) in [5, 5.41) is 7.29. The van der Waals surface area contributed by atoms with E-state index in [0.29, 0.717) is 5.69 Å². The van der Waals surface area contributed by atoms with E-state index in [1.54, 1.807) is 18.5 Å². The molecule has 0 N–H and O–H groups in total. The maximum absolute atomic E-state index is 3.72. The van der Waals surface area contributed by atoms with Gasteiger partial charge < -0.3 is 0 Å². The molecule has 50 valence electrons. The first-order valence-electron chi connectivity index (χ1n) is 2.78. The molecular weight excluding hydrogens is 126 g/mol. The third-order valence-corrected chi connectivity index (χ3v) is 1.13. The molecule has 10 heavy (non-hydrogen) atoms. The Bertz CT molecular complexity index is 228. The van der Waals surface area contributed by atoms with Gasteiger partial charge in [-0.1, -0.05) is 12.7 Å². The lowest BCUT2D eigenvalue weighted by Crippen LogP contribution is -1.80. The summed E-state index contributed by atoms with van der Waals surface area (Å²) in [6, 6.07) is 0. The zero-order valence-electron chi connectivity index (χ0n) is 5.49. The van der Waals surface area contributed by atoms with Crippen molar-refractivity contribution in [2.75, 3.05) is 0 Å². The fourth-order valence-electron chi connectivity index (χ4n) is 0.614. The standard InChI is InChI=1S/C7H7N3/c1-3-6-4-9-10-5-7(6)8-2/h3-5H,1-2H2. The Labute approximate surface area is 59.1 Å². The highest BCUT2D eigenvalue weighted by Gasteiger charge is 1.93. The van der Waals surface area contributed by atoms with Crippen molar-refractivity contribution in [3.8, 4) is 0 Å². The van der Waals surface area contributed by atoms with E-state index in [4.69, 9.17) is 0 Å². The highest BCUT2D eigenvalue weighted by molar-refractivity contribution is 5.62. The summed E-state index contributed by atoms with van der Waals surface area (Å²) in [6.45, 7) is 6.96. The van der Waals surface area contributed by atoms with Crippen molar-refractivity contribution in [3.63, 3.8) is 0 Å². The van der Waals surface area contributed by atoms with Crippen molar-refractivity contribution in [1.29, 1.82) is 0 Å². The number of hydrogen-bond acceptors (Lipinski definition) is 3. The molecule has 0 fully saturated rings. The minimum Gasteiger partial charge on any atom is -0.262 e. The Kier molecular flexibility index (Phi) is 1.89. The predicted octanol–water partition coefficient (Wildman–Crippen LogP) is 1.45. The Morgan fingerprint density at radius 2 is 2.10 bits per heavy atom. The van der Waals surface area contributed by atoms with Gasteiger partial charge in [0.1, 0.15) is 0 Å². The number of hydrogen-bond donors (Lipinski definition) is 0. The molecule has 1 aromatic rings. The first kappa shape index (κ1) is 6.61. The van der Waals surface area contributed by atoms with Crippen LogP contribution in [0.25, 0.3) is 6.08 Å². The topological polar surface area (TPSA) is 38.1 Å². The lowest BCUT2D eigenvalue weighted by Gasteiger charge is -1.93. The van der Waals surface area contributed by atoms with Crippen LogP contribution in [-0.2, 0) is 0 Å². The second-order valence-corrected chi connectivity index (χ2v) is 1.69. The van der Waals surface area contributed by atoms with E-state index in [0.717, 1.165) is 5.56 Å². The Balaban J connectivity index is 3.20. The Morgan fingerprint density at radius 1 is 1.40 bits per heavy atom. The fraction of sp³-hybridized carbons (Fsp3) is 0. The van der Waals surface area contributed by atoms with E-state index < -0.39 is 0 Å². The molecule has 0 unspecified atom stereocenters. The zero-order chi connectivity index (χ0) is 7.40. The lowest BCUT2D eigenvalue weighted by atomic mass is 10.3. The Hall–Kier alpha value is -1.51. The molecule has 1 aromatic heterocycles. The number of nitrogens with zero attached hydrogens (tertiary/aromatic N) is 3. The van der Waals surface area contributed by atoms with Crippen LogP contribution in [-0.4, -0.2) is 16.9 Å². The van der Waals surface area contributed by atoms with Crippen molar-refractivity contribution in [3.05, 3.63) is 24.5 Å². The molecule has 0 saturated carbocycles. The van der Waals surface area contributed by atoms with Crippen LogP contribution in [0.5, 0.6) is 0 Å². The number of rotatable bonds is 2. The molecule has 0 aliphatic heterocycles. The van der Waals surface area contributed by atoms with Gasteiger partial charge in [0, 0.05) is 5.56 Å². The van der Waals surface area contributed by atoms with Gasteiger partial charge in [-0.2, -0.15) is 10.2 Å². The van der Waals surface area contributed by atoms with Crippen LogP contribution in [0.15, 0.2) is 24.0 Å². The monoisotopic (exact) mass is 133 g/mol. The predicted molar refractivity (Wildman–Crippen MR) is 41.3 cm³/mol. The first-order valence-corrected chi connectivity index (χ1v) is 2.78. The average molecular weight is 133 g/mol. The molecule has 0 saturated heterocycles. The normalized spacial score (nSPS) is 8.80. The summed E-state index contributed by atoms with van der Waals surface area (Å²) < 4.78 is 0. The molecule has 0 radical (unpaired) electrons. The van der Waals surface area contributed by atoms with Gasteiger partial charge in [-0.15, -0.1) is 0 Å². The molecule has 0 aliphatic rings. The van der Waals surface area contributed by atoms with Crippen LogP contribution in [0, 0.1) is 0 Å². The third-order valence-electron chi connectivity index (χ3n) is 1.13. The summed E-state index contributed by atoms with van der Waals surface area (Å²) in [4.78, 5) is 3.72. The summed E-state index contributed by atoms with van der Waals surface area (Å²) in [6.07, 6.45) is 4.81. The van der Waals surface area contributed by atoms with E-state index in [1.807, 2.05) is 0 Å². The van der Waals surface area contributed by atoms with Crippen molar-refractivity contribution < 1.29 is 0 Å². The van der Waals surface area contributed by atoms with E-state index in [2.05, 4.69) is 28.5 Å². The van der Waals surface area contributed by atoms with Crippen LogP contribution in [0.3, 0.4) is 0 Å². The molecular formula is C7H7N3. The minimum absolute atomic E-state index is 0.713. The van der Waals surface area contributed by atoms with Gasteiger partial charge in [-0.3, -0.25) is 4.99 Å². The molecule has 0 aromatic carbocycles. The third kappa shape index (κ3) is 1.07. The van der Waals surface area contributed by atoms with Gasteiger partial charge in [0.05, 0.1) is 18.1 Å². The first-order chi connectivity index (χ1) is 4.88. The summed E-state index contributed by atoms with van der Waals surface area (Å²) in [5.41, 5.74) is 1.56. The molecule has 0 bridgehead atoms. The summed E-state index contributed by atoms with van der Waals surface area (Å²) in [5.74, 6) is 0. The second-order valence-electron chi connectivity index (χ2n) is 1.69.